The van der Waals surface area contributed by atoms with E-state index >= 15 is 0 Å². The SMILES string of the molecule is Cl.O=C(c1ccccc1)N1CCC(C(=O)N2CCC3(CCNC3)CC2)CC1. The standard InChI is InChI=1S/C21H29N3O2.ClH/c25-19(17-4-2-1-3-5-17)23-12-6-18(7-13-23)20(26)24-14-9-21(10-15-24)8-11-22-16-21;/h1-5,18,22H,6-16H2;1H. The van der Waals surface area contributed by atoms with E-state index in [-0.39, 0.29) is 24.2 Å². The fourth-order valence-corrected chi connectivity index (χ4v) is 4.77. The summed E-state index contributed by atoms with van der Waals surface area (Å²) in [4.78, 5) is 29.4. The Balaban J connectivity index is 0.00000210. The zero-order valence-electron chi connectivity index (χ0n) is 15.9. The summed E-state index contributed by atoms with van der Waals surface area (Å²) in [5.74, 6) is 0.494. The molecular formula is C21H30ClN3O2. The van der Waals surface area contributed by atoms with Crippen molar-refractivity contribution in [1.29, 1.82) is 0 Å². The van der Waals surface area contributed by atoms with Crippen LogP contribution < -0.4 is 5.32 Å². The molecule has 4 rings (SSSR count). The third kappa shape index (κ3) is 4.30. The first kappa shape index (κ1) is 20.2. The number of carbonyl (C=O) groups is 2. The predicted molar refractivity (Wildman–Crippen MR) is 108 cm³/mol. The number of halogens is 1. The lowest BCUT2D eigenvalue weighted by Gasteiger charge is -2.41. The van der Waals surface area contributed by atoms with E-state index in [9.17, 15) is 9.59 Å². The normalized spacial score (nSPS) is 22.5. The minimum atomic E-state index is 0. The van der Waals surface area contributed by atoms with Gasteiger partial charge >= 0.3 is 0 Å². The molecule has 0 radical (unpaired) electrons. The minimum Gasteiger partial charge on any atom is -0.342 e. The van der Waals surface area contributed by atoms with Gasteiger partial charge in [0.2, 0.25) is 5.91 Å². The second-order valence-electron chi connectivity index (χ2n) is 8.18. The van der Waals surface area contributed by atoms with Crippen LogP contribution in [0.5, 0.6) is 0 Å². The number of hydrogen-bond donors (Lipinski definition) is 1. The molecule has 6 heteroatoms. The van der Waals surface area contributed by atoms with Crippen LogP contribution in [0.3, 0.4) is 0 Å². The maximum Gasteiger partial charge on any atom is 0.253 e. The molecule has 2 amide bonds. The third-order valence-corrected chi connectivity index (χ3v) is 6.62. The zero-order chi connectivity index (χ0) is 18.0. The number of nitrogens with one attached hydrogen (secondary N) is 1. The quantitative estimate of drug-likeness (QED) is 0.842. The molecule has 0 aromatic heterocycles. The van der Waals surface area contributed by atoms with Crippen molar-refractivity contribution in [3.05, 3.63) is 35.9 Å². The molecule has 1 N–H and O–H groups in total. The summed E-state index contributed by atoms with van der Waals surface area (Å²) < 4.78 is 0. The molecule has 0 bridgehead atoms. The Labute approximate surface area is 167 Å². The molecule has 1 spiro atoms. The summed E-state index contributed by atoms with van der Waals surface area (Å²) in [5.41, 5.74) is 1.19. The third-order valence-electron chi connectivity index (χ3n) is 6.62. The molecule has 3 heterocycles. The first-order valence-corrected chi connectivity index (χ1v) is 10.0. The number of likely N-dealkylation sites (tertiary alicyclic amines) is 2. The molecule has 3 aliphatic heterocycles. The van der Waals surface area contributed by atoms with Gasteiger partial charge in [-0.2, -0.15) is 0 Å². The van der Waals surface area contributed by atoms with E-state index in [2.05, 4.69) is 10.2 Å². The number of benzene rings is 1. The van der Waals surface area contributed by atoms with Crippen molar-refractivity contribution in [3.63, 3.8) is 0 Å². The van der Waals surface area contributed by atoms with Crippen LogP contribution in [0.25, 0.3) is 0 Å². The van der Waals surface area contributed by atoms with Gasteiger partial charge in [-0.25, -0.2) is 0 Å². The van der Waals surface area contributed by atoms with E-state index in [1.54, 1.807) is 0 Å². The van der Waals surface area contributed by atoms with Gasteiger partial charge in [0.15, 0.2) is 0 Å². The fourth-order valence-electron chi connectivity index (χ4n) is 4.77. The summed E-state index contributed by atoms with van der Waals surface area (Å²) in [6.45, 7) is 5.43. The van der Waals surface area contributed by atoms with Crippen molar-refractivity contribution >= 4 is 24.2 Å². The molecule has 0 aliphatic carbocycles. The lowest BCUT2D eigenvalue weighted by atomic mass is 9.77. The first-order valence-electron chi connectivity index (χ1n) is 10.0. The van der Waals surface area contributed by atoms with E-state index in [4.69, 9.17) is 0 Å². The highest BCUT2D eigenvalue weighted by atomic mass is 35.5. The maximum absolute atomic E-state index is 12.9. The van der Waals surface area contributed by atoms with Crippen molar-refractivity contribution in [1.82, 2.24) is 15.1 Å². The average molecular weight is 392 g/mol. The highest BCUT2D eigenvalue weighted by Crippen LogP contribution is 2.37. The lowest BCUT2D eigenvalue weighted by molar-refractivity contribution is -0.139. The topological polar surface area (TPSA) is 52.7 Å². The fraction of sp³-hybridized carbons (Fsp3) is 0.619. The zero-order valence-corrected chi connectivity index (χ0v) is 16.7. The number of rotatable bonds is 2. The van der Waals surface area contributed by atoms with Crippen LogP contribution in [0.2, 0.25) is 0 Å². The molecule has 3 fully saturated rings. The van der Waals surface area contributed by atoms with Gasteiger partial charge in [-0.15, -0.1) is 12.4 Å². The van der Waals surface area contributed by atoms with Gasteiger partial charge in [0.25, 0.3) is 5.91 Å². The molecule has 1 aromatic rings. The summed E-state index contributed by atoms with van der Waals surface area (Å²) in [6.07, 6.45) is 5.12. The number of nitrogens with zero attached hydrogens (tertiary/aromatic N) is 2. The second kappa shape index (κ2) is 8.61. The molecule has 3 saturated heterocycles. The second-order valence-corrected chi connectivity index (χ2v) is 8.18. The first-order chi connectivity index (χ1) is 12.7. The van der Waals surface area contributed by atoms with Crippen molar-refractivity contribution in [3.8, 4) is 0 Å². The number of amides is 2. The van der Waals surface area contributed by atoms with Crippen LogP contribution in [0, 0.1) is 11.3 Å². The van der Waals surface area contributed by atoms with Gasteiger partial charge in [0.1, 0.15) is 0 Å². The summed E-state index contributed by atoms with van der Waals surface area (Å²) in [6, 6.07) is 9.44. The van der Waals surface area contributed by atoms with Crippen LogP contribution in [0.1, 0.15) is 42.5 Å². The number of carbonyl (C=O) groups excluding carboxylic acids is 2. The molecule has 148 valence electrons. The minimum absolute atomic E-state index is 0. The Morgan fingerprint density at radius 3 is 2.19 bits per heavy atom. The van der Waals surface area contributed by atoms with Gasteiger partial charge < -0.3 is 15.1 Å². The largest absolute Gasteiger partial charge is 0.342 e. The molecule has 0 unspecified atom stereocenters. The summed E-state index contributed by atoms with van der Waals surface area (Å²) in [5, 5.41) is 3.48. The lowest BCUT2D eigenvalue weighted by Crippen LogP contribution is -2.48. The highest BCUT2D eigenvalue weighted by Gasteiger charge is 2.39. The smallest absolute Gasteiger partial charge is 0.253 e. The van der Waals surface area contributed by atoms with Gasteiger partial charge in [-0.1, -0.05) is 18.2 Å². The molecule has 5 nitrogen and oxygen atoms in total. The molecular weight excluding hydrogens is 362 g/mol. The molecule has 3 aliphatic rings. The Hall–Kier alpha value is -1.59. The van der Waals surface area contributed by atoms with Gasteiger partial charge in [-0.05, 0) is 56.2 Å². The van der Waals surface area contributed by atoms with Crippen LogP contribution in [-0.4, -0.2) is 60.9 Å². The molecule has 27 heavy (non-hydrogen) atoms. The maximum atomic E-state index is 12.9. The average Bonchev–Trinajstić information content (AvgIpc) is 3.16. The van der Waals surface area contributed by atoms with E-state index in [1.165, 1.54) is 6.42 Å². The van der Waals surface area contributed by atoms with Gasteiger partial charge in [0, 0.05) is 44.2 Å². The van der Waals surface area contributed by atoms with Crippen molar-refractivity contribution in [2.75, 3.05) is 39.3 Å². The summed E-state index contributed by atoms with van der Waals surface area (Å²) >= 11 is 0. The van der Waals surface area contributed by atoms with E-state index < -0.39 is 0 Å². The van der Waals surface area contributed by atoms with E-state index in [0.717, 1.165) is 57.4 Å². The molecule has 0 saturated carbocycles. The Kier molecular flexibility index (Phi) is 6.43. The number of hydrogen-bond acceptors (Lipinski definition) is 3. The Morgan fingerprint density at radius 2 is 1.59 bits per heavy atom. The number of piperidine rings is 2. The molecule has 1 aromatic carbocycles. The van der Waals surface area contributed by atoms with E-state index in [0.29, 0.717) is 24.4 Å². The van der Waals surface area contributed by atoms with Crippen LogP contribution >= 0.6 is 12.4 Å². The van der Waals surface area contributed by atoms with Gasteiger partial charge in [0.05, 0.1) is 0 Å². The Bertz CT molecular complexity index is 643. The Morgan fingerprint density at radius 1 is 0.926 bits per heavy atom. The van der Waals surface area contributed by atoms with Crippen LogP contribution in [0.15, 0.2) is 30.3 Å². The highest BCUT2D eigenvalue weighted by molar-refractivity contribution is 5.94. The summed E-state index contributed by atoms with van der Waals surface area (Å²) in [7, 11) is 0. The van der Waals surface area contributed by atoms with Crippen LogP contribution in [0.4, 0.5) is 0 Å². The van der Waals surface area contributed by atoms with Gasteiger partial charge in [-0.3, -0.25) is 9.59 Å². The van der Waals surface area contributed by atoms with Crippen LogP contribution in [-0.2, 0) is 4.79 Å². The van der Waals surface area contributed by atoms with Crippen molar-refractivity contribution < 1.29 is 9.59 Å². The van der Waals surface area contributed by atoms with E-state index in [1.807, 2.05) is 35.2 Å². The van der Waals surface area contributed by atoms with Crippen molar-refractivity contribution in [2.24, 2.45) is 11.3 Å². The molecule has 0 atom stereocenters. The predicted octanol–water partition coefficient (Wildman–Crippen LogP) is 2.56. The monoisotopic (exact) mass is 391 g/mol. The van der Waals surface area contributed by atoms with Crippen molar-refractivity contribution in [2.45, 2.75) is 32.1 Å².